The van der Waals surface area contributed by atoms with Gasteiger partial charge in [-0.2, -0.15) is 0 Å². The van der Waals surface area contributed by atoms with Crippen molar-refractivity contribution in [3.63, 3.8) is 0 Å². The molecule has 3 aromatic rings. The molecule has 7 heteroatoms. The minimum atomic E-state index is 0.0323. The van der Waals surface area contributed by atoms with Gasteiger partial charge in [-0.15, -0.1) is 11.3 Å². The molecule has 5 nitrogen and oxygen atoms in total. The van der Waals surface area contributed by atoms with E-state index in [0.29, 0.717) is 17.9 Å². The molecule has 1 aliphatic rings. The zero-order chi connectivity index (χ0) is 19.3. The van der Waals surface area contributed by atoms with Crippen LogP contribution in [0.25, 0.3) is 0 Å². The van der Waals surface area contributed by atoms with Crippen LogP contribution in [0.15, 0.2) is 54.0 Å². The fraction of sp³-hybridized carbons (Fsp3) is 0.286. The van der Waals surface area contributed by atoms with E-state index in [1.54, 1.807) is 6.20 Å². The fourth-order valence-electron chi connectivity index (χ4n) is 3.56. The minimum absolute atomic E-state index is 0.0323. The molecule has 1 atom stereocenters. The summed E-state index contributed by atoms with van der Waals surface area (Å²) in [5.74, 6) is 0.924. The van der Waals surface area contributed by atoms with Crippen molar-refractivity contribution in [3.05, 3.63) is 70.3 Å². The number of nitrogens with zero attached hydrogens (tertiary/aromatic N) is 3. The van der Waals surface area contributed by atoms with E-state index in [1.807, 2.05) is 52.7 Å². The molecule has 144 valence electrons. The number of hydrogen-bond acceptors (Lipinski definition) is 5. The van der Waals surface area contributed by atoms with E-state index in [9.17, 15) is 4.79 Å². The zero-order valence-corrected chi connectivity index (χ0v) is 16.9. The minimum Gasteiger partial charge on any atom is -0.334 e. The number of anilines is 2. The summed E-state index contributed by atoms with van der Waals surface area (Å²) in [6.07, 6.45) is 4.87. The Morgan fingerprint density at radius 2 is 2.18 bits per heavy atom. The van der Waals surface area contributed by atoms with Crippen LogP contribution in [0.1, 0.15) is 36.6 Å². The van der Waals surface area contributed by atoms with Crippen LogP contribution in [0.3, 0.4) is 0 Å². The third-order valence-corrected chi connectivity index (χ3v) is 5.79. The number of hydrogen-bond donors (Lipinski definition) is 1. The molecule has 28 heavy (non-hydrogen) atoms. The van der Waals surface area contributed by atoms with Crippen LogP contribution in [-0.2, 0) is 11.2 Å². The van der Waals surface area contributed by atoms with Crippen molar-refractivity contribution in [1.82, 2.24) is 14.9 Å². The van der Waals surface area contributed by atoms with E-state index in [-0.39, 0.29) is 11.9 Å². The number of rotatable bonds is 6. The third kappa shape index (κ3) is 4.51. The normalized spacial score (nSPS) is 16.3. The van der Waals surface area contributed by atoms with Gasteiger partial charge in [-0.3, -0.25) is 4.79 Å². The molecule has 0 spiro atoms. The average molecular weight is 413 g/mol. The Hall–Kier alpha value is -2.44. The Balaban J connectivity index is 1.43. The van der Waals surface area contributed by atoms with Crippen LogP contribution in [0.2, 0.25) is 5.02 Å². The van der Waals surface area contributed by atoms with Crippen molar-refractivity contribution in [3.8, 4) is 0 Å². The van der Waals surface area contributed by atoms with Crippen molar-refractivity contribution in [1.29, 1.82) is 0 Å². The lowest BCUT2D eigenvalue weighted by Crippen LogP contribution is -2.31. The number of aromatic nitrogens is 2. The number of nitrogens with one attached hydrogen (secondary N) is 1. The van der Waals surface area contributed by atoms with E-state index < -0.39 is 0 Å². The van der Waals surface area contributed by atoms with Gasteiger partial charge in [0.15, 0.2) is 5.13 Å². The van der Waals surface area contributed by atoms with Crippen molar-refractivity contribution < 1.29 is 4.79 Å². The molecule has 1 N–H and O–H groups in total. The first-order chi connectivity index (χ1) is 13.7. The van der Waals surface area contributed by atoms with Crippen molar-refractivity contribution in [2.75, 3.05) is 11.9 Å². The maximum atomic E-state index is 12.9. The van der Waals surface area contributed by atoms with Gasteiger partial charge in [0.25, 0.3) is 0 Å². The van der Waals surface area contributed by atoms with Gasteiger partial charge in [0.2, 0.25) is 5.91 Å². The van der Waals surface area contributed by atoms with Crippen LogP contribution < -0.4 is 5.32 Å². The molecule has 1 aliphatic heterocycles. The molecular formula is C21H21ClN4OS. The topological polar surface area (TPSA) is 58.1 Å². The van der Waals surface area contributed by atoms with E-state index >= 15 is 0 Å². The first-order valence-corrected chi connectivity index (χ1v) is 10.6. The number of carbonyl (C=O) groups is 1. The summed E-state index contributed by atoms with van der Waals surface area (Å²) in [5, 5.41) is 6.66. The lowest BCUT2D eigenvalue weighted by atomic mass is 10.1. The molecule has 0 saturated carbocycles. The monoisotopic (exact) mass is 412 g/mol. The number of pyridine rings is 1. The van der Waals surface area contributed by atoms with Gasteiger partial charge in [0.1, 0.15) is 5.82 Å². The summed E-state index contributed by atoms with van der Waals surface area (Å²) in [6, 6.07) is 13.6. The standard InChI is InChI=1S/C21H21ClN4OS/c22-16-5-1-4-15(14-16)9-10-20(27)26-12-3-7-18(26)17-6-2-8-19(24-17)25-21-23-11-13-28-21/h1-2,4-6,8,11,13-14,18H,3,7,9-10,12H2,(H,23,24,25)/t18-/m0/s1. The van der Waals surface area contributed by atoms with Gasteiger partial charge in [0.05, 0.1) is 11.7 Å². The predicted octanol–water partition coefficient (Wildman–Crippen LogP) is 5.23. The summed E-state index contributed by atoms with van der Waals surface area (Å²) in [5.41, 5.74) is 2.01. The van der Waals surface area contributed by atoms with E-state index in [0.717, 1.165) is 41.6 Å². The quantitative estimate of drug-likeness (QED) is 0.602. The van der Waals surface area contributed by atoms with E-state index in [1.165, 1.54) is 11.3 Å². The van der Waals surface area contributed by atoms with Gasteiger partial charge < -0.3 is 10.2 Å². The molecule has 0 unspecified atom stereocenters. The molecule has 4 rings (SSSR count). The average Bonchev–Trinajstić information content (AvgIpc) is 3.38. The smallest absolute Gasteiger partial charge is 0.223 e. The molecular weight excluding hydrogens is 392 g/mol. The Labute approximate surface area is 173 Å². The van der Waals surface area contributed by atoms with Gasteiger partial charge >= 0.3 is 0 Å². The lowest BCUT2D eigenvalue weighted by molar-refractivity contribution is -0.132. The Morgan fingerprint density at radius 1 is 1.29 bits per heavy atom. The Bertz CT molecular complexity index is 947. The number of amides is 1. The molecule has 0 bridgehead atoms. The van der Waals surface area contributed by atoms with E-state index in [2.05, 4.69) is 10.3 Å². The summed E-state index contributed by atoms with van der Waals surface area (Å²) in [7, 11) is 0. The summed E-state index contributed by atoms with van der Waals surface area (Å²) in [6.45, 7) is 0.783. The Kier molecular flexibility index (Phi) is 5.88. The molecule has 3 heterocycles. The van der Waals surface area contributed by atoms with Gasteiger partial charge in [0, 0.05) is 29.6 Å². The first kappa shape index (κ1) is 18.9. The second kappa shape index (κ2) is 8.71. The maximum Gasteiger partial charge on any atom is 0.223 e. The number of benzene rings is 1. The van der Waals surface area contributed by atoms with Crippen LogP contribution in [0.5, 0.6) is 0 Å². The van der Waals surface area contributed by atoms with Gasteiger partial charge in [-0.25, -0.2) is 9.97 Å². The third-order valence-electron chi connectivity index (χ3n) is 4.87. The molecule has 1 aromatic carbocycles. The van der Waals surface area contributed by atoms with Crippen LogP contribution in [0.4, 0.5) is 10.9 Å². The largest absolute Gasteiger partial charge is 0.334 e. The number of carbonyl (C=O) groups excluding carboxylic acids is 1. The lowest BCUT2D eigenvalue weighted by Gasteiger charge is -2.25. The zero-order valence-electron chi connectivity index (χ0n) is 15.3. The van der Waals surface area contributed by atoms with Crippen molar-refractivity contribution >= 4 is 39.8 Å². The number of aryl methyl sites for hydroxylation is 1. The van der Waals surface area contributed by atoms with Crippen LogP contribution in [-0.4, -0.2) is 27.3 Å². The van der Waals surface area contributed by atoms with Crippen LogP contribution >= 0.6 is 22.9 Å². The highest BCUT2D eigenvalue weighted by Gasteiger charge is 2.30. The maximum absolute atomic E-state index is 12.9. The fourth-order valence-corrected chi connectivity index (χ4v) is 4.31. The SMILES string of the molecule is O=C(CCc1cccc(Cl)c1)N1CCC[C@H]1c1cccc(Nc2nccs2)n1. The molecule has 0 aliphatic carbocycles. The second-order valence-electron chi connectivity index (χ2n) is 6.79. The van der Waals surface area contributed by atoms with Gasteiger partial charge in [-0.1, -0.05) is 29.8 Å². The van der Waals surface area contributed by atoms with Gasteiger partial charge in [-0.05, 0) is 49.1 Å². The van der Waals surface area contributed by atoms with E-state index in [4.69, 9.17) is 16.6 Å². The Morgan fingerprint density at radius 3 is 3.00 bits per heavy atom. The molecule has 1 saturated heterocycles. The molecule has 0 radical (unpaired) electrons. The number of thiazole rings is 1. The van der Waals surface area contributed by atoms with Crippen molar-refractivity contribution in [2.45, 2.75) is 31.7 Å². The highest BCUT2D eigenvalue weighted by molar-refractivity contribution is 7.13. The highest BCUT2D eigenvalue weighted by Crippen LogP contribution is 2.32. The number of likely N-dealkylation sites (tertiary alicyclic amines) is 1. The summed E-state index contributed by atoms with van der Waals surface area (Å²) < 4.78 is 0. The highest BCUT2D eigenvalue weighted by atomic mass is 35.5. The molecule has 1 fully saturated rings. The predicted molar refractivity (Wildman–Crippen MR) is 113 cm³/mol. The molecule has 2 aromatic heterocycles. The summed E-state index contributed by atoms with van der Waals surface area (Å²) >= 11 is 7.57. The first-order valence-electron chi connectivity index (χ1n) is 9.36. The summed E-state index contributed by atoms with van der Waals surface area (Å²) in [4.78, 5) is 23.8. The number of halogens is 1. The van der Waals surface area contributed by atoms with Crippen LogP contribution in [0, 0.1) is 0 Å². The second-order valence-corrected chi connectivity index (χ2v) is 8.12. The molecule has 1 amide bonds. The van der Waals surface area contributed by atoms with Crippen molar-refractivity contribution in [2.24, 2.45) is 0 Å².